The van der Waals surface area contributed by atoms with Crippen LogP contribution in [0.2, 0.25) is 0 Å². The van der Waals surface area contributed by atoms with Crippen molar-refractivity contribution in [2.24, 2.45) is 10.2 Å². The second-order valence-electron chi connectivity index (χ2n) is 5.97. The van der Waals surface area contributed by atoms with Gasteiger partial charge in [-0.3, -0.25) is 4.79 Å². The molecule has 1 aliphatic rings. The van der Waals surface area contributed by atoms with Gasteiger partial charge in [0.15, 0.2) is 5.71 Å². The van der Waals surface area contributed by atoms with Crippen molar-refractivity contribution in [3.63, 3.8) is 0 Å². The van der Waals surface area contributed by atoms with Crippen LogP contribution in [-0.4, -0.2) is 34.2 Å². The van der Waals surface area contributed by atoms with E-state index < -0.39 is 0 Å². The van der Waals surface area contributed by atoms with Crippen LogP contribution in [0.15, 0.2) is 89.8 Å². The number of carbonyl (C=O) groups is 1. The highest BCUT2D eigenvalue weighted by Crippen LogP contribution is 2.28. The first-order valence-electron chi connectivity index (χ1n) is 8.51. The third kappa shape index (κ3) is 3.20. The van der Waals surface area contributed by atoms with Gasteiger partial charge in [-0.25, -0.2) is 4.68 Å². The van der Waals surface area contributed by atoms with E-state index in [1.807, 2.05) is 60.8 Å². The molecular formula is C21H17N5O. The second kappa shape index (κ2) is 7.21. The summed E-state index contributed by atoms with van der Waals surface area (Å²) in [5.41, 5.74) is 3.70. The molecule has 4 rings (SSSR count). The maximum absolute atomic E-state index is 12.6. The van der Waals surface area contributed by atoms with Gasteiger partial charge >= 0.3 is 0 Å². The number of hydrogen-bond acceptors (Lipinski definition) is 4. The average molecular weight is 355 g/mol. The van der Waals surface area contributed by atoms with E-state index >= 15 is 0 Å². The van der Waals surface area contributed by atoms with Crippen LogP contribution < -0.4 is 4.90 Å². The van der Waals surface area contributed by atoms with Gasteiger partial charge in [-0.15, -0.1) is 11.7 Å². The molecular weight excluding hydrogens is 338 g/mol. The number of para-hydroxylation sites is 2. The molecule has 2 aromatic carbocycles. The minimum Gasteiger partial charge on any atom is -0.302 e. The summed E-state index contributed by atoms with van der Waals surface area (Å²) in [6.45, 7) is 4.15. The number of nitrogens with zero attached hydrogens (tertiary/aromatic N) is 5. The fourth-order valence-corrected chi connectivity index (χ4v) is 2.95. The van der Waals surface area contributed by atoms with Crippen molar-refractivity contribution in [3.8, 4) is 5.69 Å². The first-order valence-corrected chi connectivity index (χ1v) is 8.51. The Morgan fingerprint density at radius 3 is 2.67 bits per heavy atom. The third-order valence-corrected chi connectivity index (χ3v) is 4.20. The Morgan fingerprint density at radius 2 is 1.85 bits per heavy atom. The van der Waals surface area contributed by atoms with Gasteiger partial charge in [0.2, 0.25) is 0 Å². The second-order valence-corrected chi connectivity index (χ2v) is 5.97. The SMILES string of the molecule is C=CCN1C(=O)/C(=N/N=C\c2cnn(-c3ccccc3)c2)c2ccccc21. The van der Waals surface area contributed by atoms with Crippen LogP contribution in [0, 0.1) is 0 Å². The number of carbonyl (C=O) groups excluding carboxylic acids is 1. The van der Waals surface area contributed by atoms with Gasteiger partial charge in [-0.05, 0) is 18.2 Å². The van der Waals surface area contributed by atoms with Gasteiger partial charge in [0.1, 0.15) is 0 Å². The Morgan fingerprint density at radius 1 is 1.07 bits per heavy atom. The Kier molecular flexibility index (Phi) is 4.45. The number of aromatic nitrogens is 2. The highest BCUT2D eigenvalue weighted by Gasteiger charge is 2.32. The molecule has 27 heavy (non-hydrogen) atoms. The number of fused-ring (bicyclic) bond motifs is 1. The predicted molar refractivity (Wildman–Crippen MR) is 107 cm³/mol. The summed E-state index contributed by atoms with van der Waals surface area (Å²) in [6.07, 6.45) is 6.84. The maximum atomic E-state index is 12.6. The molecule has 1 aromatic heterocycles. The zero-order chi connectivity index (χ0) is 18.6. The summed E-state index contributed by atoms with van der Waals surface area (Å²) in [5.74, 6) is -0.173. The normalized spacial score (nSPS) is 14.9. The zero-order valence-corrected chi connectivity index (χ0v) is 14.6. The van der Waals surface area contributed by atoms with E-state index in [4.69, 9.17) is 0 Å². The minimum absolute atomic E-state index is 0.173. The maximum Gasteiger partial charge on any atom is 0.279 e. The van der Waals surface area contributed by atoms with Crippen LogP contribution in [0.1, 0.15) is 11.1 Å². The van der Waals surface area contributed by atoms with Gasteiger partial charge in [0.05, 0.1) is 23.8 Å². The standard InChI is InChI=1S/C21H17N5O/c1-2-12-25-19-11-7-6-10-18(19)20(21(25)27)24-22-13-16-14-23-26(15-16)17-8-4-3-5-9-17/h2-11,13-15H,1,12H2/b22-13-,24-20+. The topological polar surface area (TPSA) is 62.9 Å². The molecule has 0 unspecified atom stereocenters. The van der Waals surface area contributed by atoms with Crippen LogP contribution in [0.3, 0.4) is 0 Å². The molecule has 0 bridgehead atoms. The summed E-state index contributed by atoms with van der Waals surface area (Å²) >= 11 is 0. The first-order chi connectivity index (χ1) is 13.3. The van der Waals surface area contributed by atoms with Gasteiger partial charge in [0, 0.05) is 23.9 Å². The monoisotopic (exact) mass is 355 g/mol. The zero-order valence-electron chi connectivity index (χ0n) is 14.6. The van der Waals surface area contributed by atoms with Gasteiger partial charge in [0.25, 0.3) is 5.91 Å². The van der Waals surface area contributed by atoms with E-state index in [0.29, 0.717) is 12.3 Å². The molecule has 0 saturated carbocycles. The van der Waals surface area contributed by atoms with E-state index in [-0.39, 0.29) is 5.91 Å². The Hall–Kier alpha value is -3.80. The molecule has 0 saturated heterocycles. The van der Waals surface area contributed by atoms with Gasteiger partial charge in [-0.1, -0.05) is 42.5 Å². The summed E-state index contributed by atoms with van der Waals surface area (Å²) in [5, 5.41) is 12.6. The smallest absolute Gasteiger partial charge is 0.279 e. The number of anilines is 1. The van der Waals surface area contributed by atoms with E-state index in [9.17, 15) is 4.79 Å². The molecule has 0 N–H and O–H groups in total. The lowest BCUT2D eigenvalue weighted by Gasteiger charge is -2.13. The molecule has 3 aromatic rings. The molecule has 6 heteroatoms. The minimum atomic E-state index is -0.173. The summed E-state index contributed by atoms with van der Waals surface area (Å²) in [7, 11) is 0. The van der Waals surface area contributed by atoms with E-state index in [1.165, 1.54) is 0 Å². The predicted octanol–water partition coefficient (Wildman–Crippen LogP) is 3.23. The number of rotatable bonds is 5. The molecule has 2 heterocycles. The van der Waals surface area contributed by atoms with Gasteiger partial charge in [-0.2, -0.15) is 10.2 Å². The number of hydrogen-bond donors (Lipinski definition) is 0. The average Bonchev–Trinajstić information content (AvgIpc) is 3.28. The number of benzene rings is 2. The van der Waals surface area contributed by atoms with Crippen LogP contribution in [-0.2, 0) is 4.79 Å². The lowest BCUT2D eigenvalue weighted by molar-refractivity contribution is -0.112. The lowest BCUT2D eigenvalue weighted by Crippen LogP contribution is -2.30. The molecule has 0 atom stereocenters. The molecule has 0 aliphatic carbocycles. The molecule has 6 nitrogen and oxygen atoms in total. The van der Waals surface area contributed by atoms with E-state index in [2.05, 4.69) is 21.9 Å². The summed E-state index contributed by atoms with van der Waals surface area (Å²) < 4.78 is 1.76. The Labute approximate surface area is 156 Å². The van der Waals surface area contributed by atoms with Crippen LogP contribution in [0.4, 0.5) is 5.69 Å². The fourth-order valence-electron chi connectivity index (χ4n) is 2.95. The molecule has 0 spiro atoms. The molecule has 1 aliphatic heterocycles. The Balaban J connectivity index is 1.59. The lowest BCUT2D eigenvalue weighted by atomic mass is 10.1. The first kappa shape index (κ1) is 16.7. The highest BCUT2D eigenvalue weighted by molar-refractivity contribution is 6.54. The molecule has 0 radical (unpaired) electrons. The van der Waals surface area contributed by atoms with Crippen molar-refractivity contribution >= 4 is 23.5 Å². The van der Waals surface area contributed by atoms with Crippen molar-refractivity contribution in [2.75, 3.05) is 11.4 Å². The Bertz CT molecular complexity index is 1050. The van der Waals surface area contributed by atoms with Crippen molar-refractivity contribution < 1.29 is 4.79 Å². The highest BCUT2D eigenvalue weighted by atomic mass is 16.2. The summed E-state index contributed by atoms with van der Waals surface area (Å²) in [4.78, 5) is 14.3. The summed E-state index contributed by atoms with van der Waals surface area (Å²) in [6, 6.07) is 17.3. The third-order valence-electron chi connectivity index (χ3n) is 4.20. The fraction of sp³-hybridized carbons (Fsp3) is 0.0476. The van der Waals surface area contributed by atoms with Crippen molar-refractivity contribution in [1.82, 2.24) is 9.78 Å². The van der Waals surface area contributed by atoms with E-state index in [0.717, 1.165) is 22.5 Å². The van der Waals surface area contributed by atoms with Crippen molar-refractivity contribution in [2.45, 2.75) is 0 Å². The largest absolute Gasteiger partial charge is 0.302 e. The molecule has 1 amide bonds. The van der Waals surface area contributed by atoms with Crippen molar-refractivity contribution in [3.05, 3.63) is 90.8 Å². The van der Waals surface area contributed by atoms with Crippen LogP contribution in [0.5, 0.6) is 0 Å². The molecule has 0 fully saturated rings. The van der Waals surface area contributed by atoms with Crippen LogP contribution >= 0.6 is 0 Å². The van der Waals surface area contributed by atoms with E-state index in [1.54, 1.807) is 28.1 Å². The van der Waals surface area contributed by atoms with Crippen molar-refractivity contribution in [1.29, 1.82) is 0 Å². The quantitative estimate of drug-likeness (QED) is 0.401. The number of amides is 1. The van der Waals surface area contributed by atoms with Crippen LogP contribution in [0.25, 0.3) is 5.69 Å². The van der Waals surface area contributed by atoms with Gasteiger partial charge < -0.3 is 4.90 Å². The molecule has 132 valence electrons.